The number of amides is 2. The van der Waals surface area contributed by atoms with E-state index in [0.717, 1.165) is 0 Å². The van der Waals surface area contributed by atoms with Crippen molar-refractivity contribution in [2.75, 3.05) is 32.8 Å². The number of hydrogen-bond donors (Lipinski definition) is 0. The molecule has 1 aliphatic rings. The van der Waals surface area contributed by atoms with E-state index in [-0.39, 0.29) is 23.9 Å². The first-order valence-corrected chi connectivity index (χ1v) is 10.7. The lowest BCUT2D eigenvalue weighted by Crippen LogP contribution is -2.51. The predicted molar refractivity (Wildman–Crippen MR) is 120 cm³/mol. The molecule has 0 bridgehead atoms. The van der Waals surface area contributed by atoms with Crippen molar-refractivity contribution < 1.29 is 23.6 Å². The number of nitrogens with zero attached hydrogens (tertiary/aromatic N) is 5. The molecule has 0 spiro atoms. The normalized spacial score (nSPS) is 13.6. The Balaban J connectivity index is 1.67. The van der Waals surface area contributed by atoms with Gasteiger partial charge in [-0.15, -0.1) is 0 Å². The van der Waals surface area contributed by atoms with Crippen molar-refractivity contribution in [1.29, 1.82) is 0 Å². The van der Waals surface area contributed by atoms with Gasteiger partial charge in [0.15, 0.2) is 0 Å². The molecule has 2 heterocycles. The molecular formula is C23H22FN5O5. The Morgan fingerprint density at radius 2 is 1.74 bits per heavy atom. The van der Waals surface area contributed by atoms with E-state index in [1.165, 1.54) is 39.9 Å². The van der Waals surface area contributed by atoms with E-state index >= 15 is 0 Å². The van der Waals surface area contributed by atoms with E-state index in [0.29, 0.717) is 43.1 Å². The third-order valence-corrected chi connectivity index (χ3v) is 5.45. The quantitative estimate of drug-likeness (QED) is 0.420. The molecule has 3 aromatic rings. The molecule has 34 heavy (non-hydrogen) atoms. The Bertz CT molecular complexity index is 1220. The summed E-state index contributed by atoms with van der Waals surface area (Å²) < 4.78 is 19.8. The zero-order valence-electron chi connectivity index (χ0n) is 18.4. The van der Waals surface area contributed by atoms with Gasteiger partial charge in [0.05, 0.1) is 22.9 Å². The van der Waals surface area contributed by atoms with Crippen LogP contribution in [-0.4, -0.2) is 69.3 Å². The van der Waals surface area contributed by atoms with Gasteiger partial charge in [-0.2, -0.15) is 5.10 Å². The molecule has 2 aromatic carbocycles. The maximum Gasteiger partial charge on any atom is 0.409 e. The number of aromatic nitrogens is 2. The van der Waals surface area contributed by atoms with Crippen molar-refractivity contribution in [2.24, 2.45) is 0 Å². The fourth-order valence-electron chi connectivity index (χ4n) is 3.70. The van der Waals surface area contributed by atoms with Crippen LogP contribution >= 0.6 is 0 Å². The third-order valence-electron chi connectivity index (χ3n) is 5.45. The monoisotopic (exact) mass is 467 g/mol. The number of rotatable bonds is 5. The Morgan fingerprint density at radius 3 is 2.38 bits per heavy atom. The summed E-state index contributed by atoms with van der Waals surface area (Å²) in [7, 11) is 0. The van der Waals surface area contributed by atoms with Crippen LogP contribution in [0, 0.1) is 15.9 Å². The highest BCUT2D eigenvalue weighted by Gasteiger charge is 2.28. The number of piperazine rings is 1. The summed E-state index contributed by atoms with van der Waals surface area (Å²) in [5.74, 6) is -0.742. The Kier molecular flexibility index (Phi) is 6.53. The zero-order chi connectivity index (χ0) is 24.2. The van der Waals surface area contributed by atoms with Crippen LogP contribution in [0.15, 0.2) is 54.6 Å². The van der Waals surface area contributed by atoms with Gasteiger partial charge in [0.25, 0.3) is 11.6 Å². The van der Waals surface area contributed by atoms with Crippen LogP contribution in [0.1, 0.15) is 17.4 Å². The number of halogens is 1. The standard InChI is InChI=1S/C23H22FN5O5/c1-2-34-23(31)27-12-10-26(11-13-27)22(30)21-15-20(16-6-8-17(24)9-7-16)25-28(21)18-4-3-5-19(14-18)29(32)33/h3-9,14-15H,2,10-13H2,1H3. The smallest absolute Gasteiger partial charge is 0.409 e. The first-order valence-electron chi connectivity index (χ1n) is 10.7. The molecule has 1 aromatic heterocycles. The minimum Gasteiger partial charge on any atom is -0.450 e. The van der Waals surface area contributed by atoms with Crippen molar-refractivity contribution in [3.63, 3.8) is 0 Å². The number of carbonyl (C=O) groups is 2. The summed E-state index contributed by atoms with van der Waals surface area (Å²) in [6.07, 6.45) is -0.421. The van der Waals surface area contributed by atoms with Gasteiger partial charge < -0.3 is 14.5 Å². The van der Waals surface area contributed by atoms with Crippen LogP contribution in [-0.2, 0) is 4.74 Å². The van der Waals surface area contributed by atoms with E-state index < -0.39 is 16.8 Å². The Labute approximate surface area is 194 Å². The fourth-order valence-corrected chi connectivity index (χ4v) is 3.70. The SMILES string of the molecule is CCOC(=O)N1CCN(C(=O)c2cc(-c3ccc(F)cc3)nn2-c2cccc([N+](=O)[O-])c2)CC1. The van der Waals surface area contributed by atoms with Crippen LogP contribution in [0.2, 0.25) is 0 Å². The number of carbonyl (C=O) groups excluding carboxylic acids is 2. The third kappa shape index (κ3) is 4.72. The molecule has 0 aliphatic carbocycles. The van der Waals surface area contributed by atoms with Gasteiger partial charge >= 0.3 is 6.09 Å². The molecule has 4 rings (SSSR count). The second-order valence-electron chi connectivity index (χ2n) is 7.59. The van der Waals surface area contributed by atoms with E-state index in [4.69, 9.17) is 4.74 Å². The fraction of sp³-hybridized carbons (Fsp3) is 0.261. The molecule has 176 valence electrons. The van der Waals surface area contributed by atoms with Gasteiger partial charge in [0, 0.05) is 43.9 Å². The summed E-state index contributed by atoms with van der Waals surface area (Å²) >= 11 is 0. The van der Waals surface area contributed by atoms with Gasteiger partial charge in [-0.1, -0.05) is 6.07 Å². The summed E-state index contributed by atoms with van der Waals surface area (Å²) in [5.41, 5.74) is 1.41. The maximum absolute atomic E-state index is 13.5. The van der Waals surface area contributed by atoms with Gasteiger partial charge in [-0.25, -0.2) is 13.9 Å². The molecule has 10 nitrogen and oxygen atoms in total. The van der Waals surface area contributed by atoms with Gasteiger partial charge in [0.2, 0.25) is 0 Å². The minimum atomic E-state index is -0.524. The minimum absolute atomic E-state index is 0.141. The molecule has 1 saturated heterocycles. The molecule has 0 saturated carbocycles. The number of nitro groups is 1. The number of ether oxygens (including phenoxy) is 1. The highest BCUT2D eigenvalue weighted by Crippen LogP contribution is 2.25. The topological polar surface area (TPSA) is 111 Å². The number of hydrogen-bond acceptors (Lipinski definition) is 6. The second-order valence-corrected chi connectivity index (χ2v) is 7.59. The summed E-state index contributed by atoms with van der Waals surface area (Å²) in [5, 5.41) is 15.8. The van der Waals surface area contributed by atoms with E-state index in [9.17, 15) is 24.1 Å². The largest absolute Gasteiger partial charge is 0.450 e. The van der Waals surface area contributed by atoms with Crippen LogP contribution in [0.5, 0.6) is 0 Å². The van der Waals surface area contributed by atoms with Crippen LogP contribution in [0.4, 0.5) is 14.9 Å². The van der Waals surface area contributed by atoms with Crippen molar-refractivity contribution in [1.82, 2.24) is 19.6 Å². The molecule has 1 aliphatic heterocycles. The Morgan fingerprint density at radius 1 is 1.06 bits per heavy atom. The number of benzene rings is 2. The lowest BCUT2D eigenvalue weighted by atomic mass is 10.1. The first-order chi connectivity index (χ1) is 16.4. The molecule has 1 fully saturated rings. The summed E-state index contributed by atoms with van der Waals surface area (Å²) in [4.78, 5) is 39.3. The van der Waals surface area contributed by atoms with Crippen molar-refractivity contribution in [3.05, 3.63) is 76.2 Å². The molecule has 0 N–H and O–H groups in total. The molecule has 2 amide bonds. The van der Waals surface area contributed by atoms with Crippen molar-refractivity contribution in [3.8, 4) is 16.9 Å². The van der Waals surface area contributed by atoms with Gasteiger partial charge in [-0.3, -0.25) is 14.9 Å². The van der Waals surface area contributed by atoms with Gasteiger partial charge in [0.1, 0.15) is 11.5 Å². The molecule has 0 unspecified atom stereocenters. The van der Waals surface area contributed by atoms with Crippen molar-refractivity contribution >= 4 is 17.7 Å². The number of nitro benzene ring substituents is 1. The molecule has 11 heteroatoms. The molecular weight excluding hydrogens is 445 g/mol. The summed E-state index contributed by atoms with van der Waals surface area (Å²) in [6.45, 7) is 3.23. The summed E-state index contributed by atoms with van der Waals surface area (Å²) in [6, 6.07) is 13.1. The second kappa shape index (κ2) is 9.69. The predicted octanol–water partition coefficient (Wildman–Crippen LogP) is 3.50. The number of non-ortho nitro benzene ring substituents is 1. The van der Waals surface area contributed by atoms with E-state index in [1.807, 2.05) is 0 Å². The zero-order valence-corrected chi connectivity index (χ0v) is 18.4. The van der Waals surface area contributed by atoms with Crippen molar-refractivity contribution in [2.45, 2.75) is 6.92 Å². The molecule has 0 atom stereocenters. The molecule has 0 radical (unpaired) electrons. The van der Waals surface area contributed by atoms with Crippen LogP contribution in [0.25, 0.3) is 16.9 Å². The Hall–Kier alpha value is -4.28. The highest BCUT2D eigenvalue weighted by atomic mass is 19.1. The van der Waals surface area contributed by atoms with Crippen LogP contribution < -0.4 is 0 Å². The lowest BCUT2D eigenvalue weighted by Gasteiger charge is -2.34. The lowest BCUT2D eigenvalue weighted by molar-refractivity contribution is -0.384. The maximum atomic E-state index is 13.5. The van der Waals surface area contributed by atoms with E-state index in [1.54, 1.807) is 36.1 Å². The first kappa shape index (κ1) is 22.9. The van der Waals surface area contributed by atoms with Gasteiger partial charge in [-0.05, 0) is 43.3 Å². The average molecular weight is 467 g/mol. The van der Waals surface area contributed by atoms with Crippen LogP contribution in [0.3, 0.4) is 0 Å². The average Bonchev–Trinajstić information content (AvgIpc) is 3.30. The highest BCUT2D eigenvalue weighted by molar-refractivity contribution is 5.94. The van der Waals surface area contributed by atoms with E-state index in [2.05, 4.69) is 5.10 Å².